The van der Waals surface area contributed by atoms with Gasteiger partial charge in [0.1, 0.15) is 5.75 Å². The summed E-state index contributed by atoms with van der Waals surface area (Å²) in [5.41, 5.74) is 0.384. The monoisotopic (exact) mass is 366 g/mol. The van der Waals surface area contributed by atoms with Crippen molar-refractivity contribution >= 4 is 17.3 Å². The Labute approximate surface area is 147 Å². The Kier molecular flexibility index (Phi) is 6.05. The Morgan fingerprint density at radius 1 is 1.23 bits per heavy atom. The highest BCUT2D eigenvalue weighted by Crippen LogP contribution is 2.31. The number of ether oxygens (including phenoxy) is 2. The fraction of sp³-hybridized carbons (Fsp3) is 0.235. The molecule has 0 spiro atoms. The van der Waals surface area contributed by atoms with Crippen LogP contribution in [0.5, 0.6) is 5.75 Å². The molecule has 0 heterocycles. The van der Waals surface area contributed by atoms with Gasteiger partial charge in [-0.1, -0.05) is 18.2 Å². The maximum Gasteiger partial charge on any atom is 0.387 e. The summed E-state index contributed by atoms with van der Waals surface area (Å²) in [6, 6.07) is 9.34. The molecule has 0 aliphatic rings. The highest BCUT2D eigenvalue weighted by Gasteiger charge is 2.20. The van der Waals surface area contributed by atoms with Crippen LogP contribution in [0.3, 0.4) is 0 Å². The average Bonchev–Trinajstić information content (AvgIpc) is 2.61. The summed E-state index contributed by atoms with van der Waals surface area (Å²) in [4.78, 5) is 22.2. The number of methoxy groups -OCH3 is 1. The second-order valence-electron chi connectivity index (χ2n) is 5.26. The first-order chi connectivity index (χ1) is 12.3. The number of rotatable bonds is 7. The summed E-state index contributed by atoms with van der Waals surface area (Å²) >= 11 is 0. The summed E-state index contributed by atoms with van der Waals surface area (Å²) in [6.07, 6.45) is 0. The lowest BCUT2D eigenvalue weighted by Crippen LogP contribution is -2.14. The summed E-state index contributed by atoms with van der Waals surface area (Å²) in [6.45, 7) is -1.30. The summed E-state index contributed by atoms with van der Waals surface area (Å²) in [7, 11) is 1.15. The minimum atomic E-state index is -2.98. The fourth-order valence-electron chi connectivity index (χ4n) is 2.40. The van der Waals surface area contributed by atoms with Crippen LogP contribution in [-0.4, -0.2) is 24.6 Å². The van der Waals surface area contributed by atoms with E-state index in [0.717, 1.165) is 13.2 Å². The van der Waals surface area contributed by atoms with Crippen molar-refractivity contribution in [3.63, 3.8) is 0 Å². The first kappa shape index (κ1) is 19.1. The van der Waals surface area contributed by atoms with Crippen LogP contribution in [0.2, 0.25) is 0 Å². The van der Waals surface area contributed by atoms with E-state index in [1.54, 1.807) is 25.1 Å². The van der Waals surface area contributed by atoms with Crippen LogP contribution in [0, 0.1) is 10.1 Å². The number of esters is 1. The molecule has 2 aromatic rings. The van der Waals surface area contributed by atoms with E-state index in [-0.39, 0.29) is 22.7 Å². The molecule has 1 atom stereocenters. The lowest BCUT2D eigenvalue weighted by molar-refractivity contribution is -0.384. The van der Waals surface area contributed by atoms with Gasteiger partial charge in [-0.15, -0.1) is 0 Å². The molecule has 0 saturated heterocycles. The Morgan fingerprint density at radius 2 is 1.92 bits per heavy atom. The molecule has 9 heteroatoms. The number of nitrogens with one attached hydrogen (secondary N) is 1. The zero-order valence-electron chi connectivity index (χ0n) is 13.9. The average molecular weight is 366 g/mol. The number of non-ortho nitro benzene ring substituents is 1. The number of hydrogen-bond donors (Lipinski definition) is 1. The molecule has 0 fully saturated rings. The van der Waals surface area contributed by atoms with E-state index in [0.29, 0.717) is 5.56 Å². The zero-order valence-corrected chi connectivity index (χ0v) is 13.9. The van der Waals surface area contributed by atoms with Gasteiger partial charge in [-0.3, -0.25) is 10.1 Å². The number of para-hydroxylation sites is 1. The molecule has 7 nitrogen and oxygen atoms in total. The van der Waals surface area contributed by atoms with E-state index in [1.165, 1.54) is 18.2 Å². The van der Waals surface area contributed by atoms with E-state index < -0.39 is 23.5 Å². The maximum absolute atomic E-state index is 12.6. The first-order valence-electron chi connectivity index (χ1n) is 7.50. The summed E-state index contributed by atoms with van der Waals surface area (Å²) in [5, 5.41) is 13.9. The highest BCUT2D eigenvalue weighted by atomic mass is 19.3. The molecule has 0 radical (unpaired) electrons. The standard InChI is InChI=1S/C17H16F2N2O5/c1-10(12-5-3-4-6-15(12)26-17(18)19)20-14-8-7-11(21(23)24)9-13(14)16(22)25-2/h3-10,17,20H,1-2H3. The van der Waals surface area contributed by atoms with Gasteiger partial charge in [0.15, 0.2) is 0 Å². The molecule has 0 saturated carbocycles. The van der Waals surface area contributed by atoms with Crippen molar-refractivity contribution in [2.75, 3.05) is 12.4 Å². The van der Waals surface area contributed by atoms with Gasteiger partial charge in [0, 0.05) is 23.4 Å². The predicted octanol–water partition coefficient (Wildman–Crippen LogP) is 4.16. The number of alkyl halides is 2. The summed E-state index contributed by atoms with van der Waals surface area (Å²) < 4.78 is 34.3. The molecule has 0 aromatic heterocycles. The number of anilines is 1. The van der Waals surface area contributed by atoms with Gasteiger partial charge >= 0.3 is 12.6 Å². The fourth-order valence-corrected chi connectivity index (χ4v) is 2.40. The topological polar surface area (TPSA) is 90.7 Å². The van der Waals surface area contributed by atoms with Crippen LogP contribution in [0.1, 0.15) is 28.9 Å². The molecule has 1 N–H and O–H groups in total. The van der Waals surface area contributed by atoms with Gasteiger partial charge in [0.05, 0.1) is 23.6 Å². The normalized spacial score (nSPS) is 11.7. The number of benzene rings is 2. The number of nitrogens with zero attached hydrogens (tertiary/aromatic N) is 1. The third kappa shape index (κ3) is 4.44. The SMILES string of the molecule is COC(=O)c1cc([N+](=O)[O-])ccc1NC(C)c1ccccc1OC(F)F. The lowest BCUT2D eigenvalue weighted by atomic mass is 10.1. The number of hydrogen-bond acceptors (Lipinski definition) is 6. The van der Waals surface area contributed by atoms with Gasteiger partial charge in [-0.2, -0.15) is 8.78 Å². The quantitative estimate of drug-likeness (QED) is 0.450. The van der Waals surface area contributed by atoms with Crippen molar-refractivity contribution in [3.05, 3.63) is 63.7 Å². The molecular weight excluding hydrogens is 350 g/mol. The highest BCUT2D eigenvalue weighted by molar-refractivity contribution is 5.96. The van der Waals surface area contributed by atoms with Gasteiger partial charge in [0.2, 0.25) is 0 Å². The number of halogens is 2. The Bertz CT molecular complexity index is 813. The van der Waals surface area contributed by atoms with Gasteiger partial charge in [0.25, 0.3) is 5.69 Å². The lowest BCUT2D eigenvalue weighted by Gasteiger charge is -2.20. The number of carbonyl (C=O) groups excluding carboxylic acids is 1. The summed E-state index contributed by atoms with van der Waals surface area (Å²) in [5.74, 6) is -0.774. The minimum absolute atomic E-state index is 0.0102. The van der Waals surface area contributed by atoms with Crippen molar-refractivity contribution in [2.24, 2.45) is 0 Å². The van der Waals surface area contributed by atoms with Crippen molar-refractivity contribution in [1.29, 1.82) is 0 Å². The van der Waals surface area contributed by atoms with Gasteiger partial charge < -0.3 is 14.8 Å². The van der Waals surface area contributed by atoms with Crippen molar-refractivity contribution in [3.8, 4) is 5.75 Å². The number of nitro benzene ring substituents is 1. The Hall–Kier alpha value is -3.23. The van der Waals surface area contributed by atoms with Crippen LogP contribution in [0.25, 0.3) is 0 Å². The van der Waals surface area contributed by atoms with E-state index in [4.69, 9.17) is 0 Å². The minimum Gasteiger partial charge on any atom is -0.465 e. The second-order valence-corrected chi connectivity index (χ2v) is 5.26. The van der Waals surface area contributed by atoms with Gasteiger partial charge in [-0.05, 0) is 19.1 Å². The molecule has 0 aliphatic heterocycles. The number of carbonyl (C=O) groups is 1. The molecule has 2 rings (SSSR count). The van der Waals surface area contributed by atoms with Crippen LogP contribution in [0.15, 0.2) is 42.5 Å². The third-order valence-corrected chi connectivity index (χ3v) is 3.59. The van der Waals surface area contributed by atoms with E-state index in [2.05, 4.69) is 14.8 Å². The molecule has 0 aliphatic carbocycles. The maximum atomic E-state index is 12.6. The van der Waals surface area contributed by atoms with Crippen molar-refractivity contribution in [1.82, 2.24) is 0 Å². The second kappa shape index (κ2) is 8.24. The Morgan fingerprint density at radius 3 is 2.54 bits per heavy atom. The predicted molar refractivity (Wildman–Crippen MR) is 89.5 cm³/mol. The van der Waals surface area contributed by atoms with Gasteiger partial charge in [-0.25, -0.2) is 4.79 Å². The van der Waals surface area contributed by atoms with Crippen LogP contribution in [0.4, 0.5) is 20.2 Å². The van der Waals surface area contributed by atoms with Crippen LogP contribution >= 0.6 is 0 Å². The van der Waals surface area contributed by atoms with Crippen LogP contribution < -0.4 is 10.1 Å². The zero-order chi connectivity index (χ0) is 19.3. The molecule has 0 bridgehead atoms. The van der Waals surface area contributed by atoms with E-state index in [1.807, 2.05) is 0 Å². The van der Waals surface area contributed by atoms with E-state index in [9.17, 15) is 23.7 Å². The van der Waals surface area contributed by atoms with Crippen molar-refractivity contribution < 1.29 is 28.0 Å². The van der Waals surface area contributed by atoms with Crippen molar-refractivity contribution in [2.45, 2.75) is 19.6 Å². The third-order valence-electron chi connectivity index (χ3n) is 3.59. The largest absolute Gasteiger partial charge is 0.465 e. The first-order valence-corrected chi connectivity index (χ1v) is 7.50. The van der Waals surface area contributed by atoms with E-state index >= 15 is 0 Å². The smallest absolute Gasteiger partial charge is 0.387 e. The molecular formula is C17H16F2N2O5. The molecule has 1 unspecified atom stereocenters. The molecule has 26 heavy (non-hydrogen) atoms. The molecule has 138 valence electrons. The molecule has 0 amide bonds. The van der Waals surface area contributed by atoms with Crippen LogP contribution in [-0.2, 0) is 4.74 Å². The Balaban J connectivity index is 2.36. The number of nitro groups is 1. The molecule has 2 aromatic carbocycles.